The van der Waals surface area contributed by atoms with Gasteiger partial charge in [0.2, 0.25) is 5.91 Å². The summed E-state index contributed by atoms with van der Waals surface area (Å²) in [4.78, 5) is 12.4. The Morgan fingerprint density at radius 1 is 1.36 bits per heavy atom. The molecule has 0 aliphatic heterocycles. The predicted molar refractivity (Wildman–Crippen MR) is 88.2 cm³/mol. The molecule has 0 bridgehead atoms. The Morgan fingerprint density at radius 2 is 1.96 bits per heavy atom. The topological polar surface area (TPSA) is 64.9 Å². The molecule has 2 atom stereocenters. The molecule has 1 aromatic carbocycles. The Morgan fingerprint density at radius 3 is 2.40 bits per heavy atom. The summed E-state index contributed by atoms with van der Waals surface area (Å²) >= 11 is 0. The third-order valence-corrected chi connectivity index (χ3v) is 4.19. The van der Waals surface area contributed by atoms with Gasteiger partial charge in [-0.2, -0.15) is 18.4 Å². The van der Waals surface area contributed by atoms with Crippen molar-refractivity contribution in [3.63, 3.8) is 0 Å². The lowest BCUT2D eigenvalue weighted by Gasteiger charge is -2.28. The summed E-state index contributed by atoms with van der Waals surface area (Å²) in [6.45, 7) is 1.78. The summed E-state index contributed by atoms with van der Waals surface area (Å²) in [6.07, 6.45) is -2.77. The second kappa shape index (κ2) is 7.48. The highest BCUT2D eigenvalue weighted by molar-refractivity contribution is 6.32. The molecule has 1 amide bonds. The zero-order valence-corrected chi connectivity index (χ0v) is 13.9. The number of hydrogen-bond donors (Lipinski definition) is 2. The smallest absolute Gasteiger partial charge is 0.336 e. The van der Waals surface area contributed by atoms with Gasteiger partial charge in [-0.1, -0.05) is 43.1 Å². The van der Waals surface area contributed by atoms with Crippen LogP contribution in [0.3, 0.4) is 0 Å². The van der Waals surface area contributed by atoms with Gasteiger partial charge in [-0.3, -0.25) is 10.1 Å². The highest BCUT2D eigenvalue weighted by Crippen LogP contribution is 2.35. The van der Waals surface area contributed by atoms with E-state index in [1.807, 2.05) is 6.07 Å². The van der Waals surface area contributed by atoms with Gasteiger partial charge in [-0.05, 0) is 24.8 Å². The average Bonchev–Trinajstić information content (AvgIpc) is 3.31. The maximum atomic E-state index is 13.5. The quantitative estimate of drug-likeness (QED) is 0.741. The van der Waals surface area contributed by atoms with Gasteiger partial charge in [-0.25, -0.2) is 0 Å². The summed E-state index contributed by atoms with van der Waals surface area (Å²) in [6, 6.07) is 4.33. The molecule has 0 unspecified atom stereocenters. The second-order valence-corrected chi connectivity index (χ2v) is 6.33. The SMILES string of the molecule is [B]c1ccc([C@H](N[C@@H](CCC)C(=O)NC2(C#N)CC2)C(F)(F)F)cc1. The van der Waals surface area contributed by atoms with Crippen molar-refractivity contribution in [1.29, 1.82) is 5.26 Å². The van der Waals surface area contributed by atoms with Crippen molar-refractivity contribution in [3.05, 3.63) is 29.8 Å². The molecule has 2 N–H and O–H groups in total. The fraction of sp³-hybridized carbons (Fsp3) is 0.529. The van der Waals surface area contributed by atoms with Crippen LogP contribution < -0.4 is 16.1 Å². The lowest BCUT2D eigenvalue weighted by atomic mass is 9.93. The molecule has 0 spiro atoms. The molecular weight excluding hydrogens is 330 g/mol. The molecule has 0 aromatic heterocycles. The molecule has 0 heterocycles. The Hall–Kier alpha value is -2.01. The van der Waals surface area contributed by atoms with Crippen molar-refractivity contribution in [1.82, 2.24) is 10.6 Å². The summed E-state index contributed by atoms with van der Waals surface area (Å²) < 4.78 is 40.5. The first kappa shape index (κ1) is 19.3. The minimum absolute atomic E-state index is 0.0166. The van der Waals surface area contributed by atoms with E-state index in [9.17, 15) is 18.0 Å². The number of halogens is 3. The van der Waals surface area contributed by atoms with E-state index in [-0.39, 0.29) is 12.0 Å². The molecule has 1 aromatic rings. The van der Waals surface area contributed by atoms with Crippen LogP contribution in [0.15, 0.2) is 24.3 Å². The van der Waals surface area contributed by atoms with E-state index in [1.54, 1.807) is 6.92 Å². The first-order valence-electron chi connectivity index (χ1n) is 8.12. The van der Waals surface area contributed by atoms with Gasteiger partial charge in [0.15, 0.2) is 0 Å². The van der Waals surface area contributed by atoms with Crippen LogP contribution in [0.25, 0.3) is 0 Å². The van der Waals surface area contributed by atoms with Crippen LogP contribution in [0.1, 0.15) is 44.2 Å². The Labute approximate surface area is 146 Å². The molecule has 1 fully saturated rings. The van der Waals surface area contributed by atoms with Gasteiger partial charge >= 0.3 is 6.18 Å². The molecule has 25 heavy (non-hydrogen) atoms. The van der Waals surface area contributed by atoms with Gasteiger partial charge in [0.25, 0.3) is 0 Å². The Balaban J connectivity index is 2.19. The average molecular weight is 349 g/mol. The fourth-order valence-electron chi connectivity index (χ4n) is 2.56. The standard InChI is InChI=1S/C17H19BF3N3O/c1-2-3-13(15(25)24-16(10-22)8-9-16)23-14(17(19,20)21)11-4-6-12(18)7-5-11/h4-7,13-14,23H,2-3,8-9H2,1H3,(H,24,25)/t13-,14-/m0/s1. The number of rotatable bonds is 7. The van der Waals surface area contributed by atoms with Crippen LogP contribution in [-0.2, 0) is 4.79 Å². The Kier molecular flexibility index (Phi) is 5.78. The second-order valence-electron chi connectivity index (χ2n) is 6.33. The maximum Gasteiger partial charge on any atom is 0.407 e. The molecule has 1 aliphatic rings. The largest absolute Gasteiger partial charge is 0.407 e. The third-order valence-electron chi connectivity index (χ3n) is 4.19. The molecule has 1 saturated carbocycles. The number of nitrogens with zero attached hydrogens (tertiary/aromatic N) is 1. The molecule has 132 valence electrons. The third kappa shape index (κ3) is 4.99. The van der Waals surface area contributed by atoms with E-state index in [0.717, 1.165) is 0 Å². The van der Waals surface area contributed by atoms with Crippen LogP contribution in [0.5, 0.6) is 0 Å². The van der Waals surface area contributed by atoms with Gasteiger partial charge < -0.3 is 5.32 Å². The molecule has 1 aliphatic carbocycles. The molecule has 8 heteroatoms. The number of alkyl halides is 3. The van der Waals surface area contributed by atoms with Crippen LogP contribution in [0, 0.1) is 11.3 Å². The number of carbonyl (C=O) groups excluding carboxylic acids is 1. The van der Waals surface area contributed by atoms with Gasteiger partial charge in [0.05, 0.1) is 12.1 Å². The van der Waals surface area contributed by atoms with Crippen molar-refractivity contribution in [2.24, 2.45) is 0 Å². The predicted octanol–water partition coefficient (Wildman–Crippen LogP) is 2.01. The highest BCUT2D eigenvalue weighted by atomic mass is 19.4. The van der Waals surface area contributed by atoms with Crippen molar-refractivity contribution in [2.75, 3.05) is 0 Å². The van der Waals surface area contributed by atoms with E-state index in [2.05, 4.69) is 10.6 Å². The van der Waals surface area contributed by atoms with E-state index in [4.69, 9.17) is 13.1 Å². The number of nitrogens with one attached hydrogen (secondary N) is 2. The van der Waals surface area contributed by atoms with Crippen LogP contribution in [0.2, 0.25) is 0 Å². The first-order chi connectivity index (χ1) is 11.7. The lowest BCUT2D eigenvalue weighted by Crippen LogP contribution is -2.51. The van der Waals surface area contributed by atoms with Crippen molar-refractivity contribution in [2.45, 2.75) is 56.4 Å². The lowest BCUT2D eigenvalue weighted by molar-refractivity contribution is -0.161. The maximum absolute atomic E-state index is 13.5. The van der Waals surface area contributed by atoms with E-state index < -0.39 is 29.7 Å². The van der Waals surface area contributed by atoms with Gasteiger partial charge in [-0.15, -0.1) is 0 Å². The van der Waals surface area contributed by atoms with Crippen molar-refractivity contribution in [3.8, 4) is 6.07 Å². The van der Waals surface area contributed by atoms with Crippen molar-refractivity contribution >= 4 is 19.2 Å². The minimum atomic E-state index is -4.57. The highest BCUT2D eigenvalue weighted by Gasteiger charge is 2.47. The molecule has 0 saturated heterocycles. The van der Waals surface area contributed by atoms with E-state index in [1.165, 1.54) is 24.3 Å². The number of hydrogen-bond acceptors (Lipinski definition) is 3. The van der Waals surface area contributed by atoms with Crippen LogP contribution >= 0.6 is 0 Å². The number of amides is 1. The summed E-state index contributed by atoms with van der Waals surface area (Å²) in [5.41, 5.74) is -0.575. The molecular formula is C17H19BF3N3O. The summed E-state index contributed by atoms with van der Waals surface area (Å²) in [7, 11) is 5.53. The van der Waals surface area contributed by atoms with Crippen LogP contribution in [-0.4, -0.2) is 31.5 Å². The van der Waals surface area contributed by atoms with E-state index >= 15 is 0 Å². The zero-order chi connectivity index (χ0) is 18.7. The molecule has 2 rings (SSSR count). The summed E-state index contributed by atoms with van der Waals surface area (Å²) in [5, 5.41) is 14.0. The van der Waals surface area contributed by atoms with E-state index in [0.29, 0.717) is 24.7 Å². The Bertz CT molecular complexity index is 651. The monoisotopic (exact) mass is 349 g/mol. The first-order valence-corrected chi connectivity index (χ1v) is 8.12. The molecule has 2 radical (unpaired) electrons. The summed E-state index contributed by atoms with van der Waals surface area (Å²) in [5.74, 6) is -0.578. The number of nitriles is 1. The van der Waals surface area contributed by atoms with Gasteiger partial charge in [0, 0.05) is 0 Å². The molecule has 4 nitrogen and oxygen atoms in total. The normalized spacial score (nSPS) is 18.0. The van der Waals surface area contributed by atoms with Gasteiger partial charge in [0.1, 0.15) is 19.4 Å². The number of benzene rings is 1. The fourth-order valence-corrected chi connectivity index (χ4v) is 2.56. The minimum Gasteiger partial charge on any atom is -0.336 e. The van der Waals surface area contributed by atoms with Crippen LogP contribution in [0.4, 0.5) is 13.2 Å². The number of carbonyl (C=O) groups is 1. The zero-order valence-electron chi connectivity index (χ0n) is 13.9. The van der Waals surface area contributed by atoms with Crippen molar-refractivity contribution < 1.29 is 18.0 Å².